The quantitative estimate of drug-likeness (QED) is 0.372. The molecule has 0 fully saturated rings. The summed E-state index contributed by atoms with van der Waals surface area (Å²) in [5.74, 6) is 0.350. The predicted octanol–water partition coefficient (Wildman–Crippen LogP) is 3.23. The number of ether oxygens (including phenoxy) is 2. The Kier molecular flexibility index (Phi) is 9.81. The molecule has 2 aromatic rings. The van der Waals surface area contributed by atoms with E-state index in [0.29, 0.717) is 29.5 Å². The summed E-state index contributed by atoms with van der Waals surface area (Å²) in [7, 11) is 1.56. The number of amides is 3. The molecule has 172 valence electrons. The van der Waals surface area contributed by atoms with Crippen molar-refractivity contribution in [3.63, 3.8) is 0 Å². The summed E-state index contributed by atoms with van der Waals surface area (Å²) in [6.07, 6.45) is 0.621. The fourth-order valence-corrected chi connectivity index (χ4v) is 3.19. The van der Waals surface area contributed by atoms with E-state index in [1.165, 1.54) is 6.92 Å². The van der Waals surface area contributed by atoms with Crippen LogP contribution in [0.5, 0.6) is 11.5 Å². The molecule has 0 aromatic heterocycles. The van der Waals surface area contributed by atoms with E-state index in [2.05, 4.69) is 16.2 Å². The molecule has 0 bridgehead atoms. The lowest BCUT2D eigenvalue weighted by Gasteiger charge is -2.18. The third-order valence-electron chi connectivity index (χ3n) is 4.57. The third kappa shape index (κ3) is 8.47. The van der Waals surface area contributed by atoms with E-state index < -0.39 is 11.9 Å². The number of methoxy groups -OCH3 is 1. The van der Waals surface area contributed by atoms with E-state index in [4.69, 9.17) is 21.1 Å². The average molecular weight is 462 g/mol. The van der Waals surface area contributed by atoms with Crippen molar-refractivity contribution in [3.8, 4) is 11.5 Å². The zero-order valence-corrected chi connectivity index (χ0v) is 19.1. The van der Waals surface area contributed by atoms with Gasteiger partial charge in [0.2, 0.25) is 17.7 Å². The van der Waals surface area contributed by atoms with Gasteiger partial charge in [0.1, 0.15) is 11.5 Å². The smallest absolute Gasteiger partial charge is 0.240 e. The monoisotopic (exact) mass is 461 g/mol. The van der Waals surface area contributed by atoms with Gasteiger partial charge in [0.05, 0.1) is 26.2 Å². The van der Waals surface area contributed by atoms with Crippen LogP contribution in [-0.2, 0) is 14.4 Å². The summed E-state index contributed by atoms with van der Waals surface area (Å²) in [5.41, 5.74) is 6.43. The fourth-order valence-electron chi connectivity index (χ4n) is 2.96. The first-order chi connectivity index (χ1) is 15.3. The van der Waals surface area contributed by atoms with E-state index in [9.17, 15) is 14.4 Å². The number of hydrazine groups is 1. The van der Waals surface area contributed by atoms with Crippen molar-refractivity contribution in [2.24, 2.45) is 0 Å². The van der Waals surface area contributed by atoms with E-state index in [1.807, 2.05) is 6.92 Å². The minimum Gasteiger partial charge on any atom is -0.497 e. The topological polar surface area (TPSA) is 106 Å². The highest BCUT2D eigenvalue weighted by atomic mass is 35.5. The van der Waals surface area contributed by atoms with Gasteiger partial charge in [-0.3, -0.25) is 25.2 Å². The largest absolute Gasteiger partial charge is 0.497 e. The summed E-state index contributed by atoms with van der Waals surface area (Å²) in [5, 5.41) is 3.38. The molecular formula is C23H28ClN3O5. The second-order valence-electron chi connectivity index (χ2n) is 7.19. The molecule has 0 saturated carbocycles. The van der Waals surface area contributed by atoms with Gasteiger partial charge >= 0.3 is 0 Å². The van der Waals surface area contributed by atoms with Crippen LogP contribution >= 0.6 is 11.6 Å². The van der Waals surface area contributed by atoms with Gasteiger partial charge in [0.25, 0.3) is 0 Å². The first kappa shape index (κ1) is 25.0. The Morgan fingerprint density at radius 2 is 1.72 bits per heavy atom. The Bertz CT molecular complexity index is 934. The van der Waals surface area contributed by atoms with Gasteiger partial charge < -0.3 is 14.8 Å². The van der Waals surface area contributed by atoms with Gasteiger partial charge in [-0.2, -0.15) is 0 Å². The van der Waals surface area contributed by atoms with Crippen LogP contribution in [0.1, 0.15) is 43.4 Å². The highest BCUT2D eigenvalue weighted by Crippen LogP contribution is 2.22. The number of carbonyl (C=O) groups is 3. The van der Waals surface area contributed by atoms with Gasteiger partial charge in [0, 0.05) is 18.4 Å². The van der Waals surface area contributed by atoms with Crippen molar-refractivity contribution in [3.05, 3.63) is 58.6 Å². The molecule has 0 heterocycles. The SMILES string of the molecule is COc1ccc(C(CC(=O)NNC(=O)CCCOc2ccc(Cl)cc2C)NC(C)=O)cc1. The minimum absolute atomic E-state index is 0.0366. The first-order valence-corrected chi connectivity index (χ1v) is 10.5. The molecule has 0 aliphatic heterocycles. The maximum atomic E-state index is 12.3. The minimum atomic E-state index is -0.536. The van der Waals surface area contributed by atoms with Crippen LogP contribution in [0.3, 0.4) is 0 Å². The van der Waals surface area contributed by atoms with Gasteiger partial charge in [0.15, 0.2) is 0 Å². The van der Waals surface area contributed by atoms with Crippen LogP contribution in [0.2, 0.25) is 5.02 Å². The molecule has 0 aliphatic rings. The number of halogens is 1. The van der Waals surface area contributed by atoms with Gasteiger partial charge in [-0.25, -0.2) is 0 Å². The molecule has 3 N–H and O–H groups in total. The molecule has 32 heavy (non-hydrogen) atoms. The number of aryl methyl sites for hydroxylation is 1. The molecule has 2 aromatic carbocycles. The number of nitrogens with one attached hydrogen (secondary N) is 3. The highest BCUT2D eigenvalue weighted by Gasteiger charge is 2.17. The molecule has 0 saturated heterocycles. The summed E-state index contributed by atoms with van der Waals surface area (Å²) >= 11 is 5.91. The summed E-state index contributed by atoms with van der Waals surface area (Å²) in [6.45, 7) is 3.62. The number of rotatable bonds is 10. The van der Waals surface area contributed by atoms with E-state index >= 15 is 0 Å². The van der Waals surface area contributed by atoms with E-state index in [1.54, 1.807) is 49.6 Å². The molecule has 2 rings (SSSR count). The molecule has 1 unspecified atom stereocenters. The maximum Gasteiger partial charge on any atom is 0.240 e. The van der Waals surface area contributed by atoms with Crippen molar-refractivity contribution in [2.75, 3.05) is 13.7 Å². The molecule has 0 aliphatic carbocycles. The van der Waals surface area contributed by atoms with Crippen LogP contribution in [0.4, 0.5) is 0 Å². The van der Waals surface area contributed by atoms with E-state index in [-0.39, 0.29) is 24.7 Å². The van der Waals surface area contributed by atoms with Gasteiger partial charge in [-0.1, -0.05) is 23.7 Å². The van der Waals surface area contributed by atoms with Crippen molar-refractivity contribution >= 4 is 29.3 Å². The number of hydrogen-bond donors (Lipinski definition) is 3. The standard InChI is InChI=1S/C23H28ClN3O5/c1-15-13-18(24)8-11-21(15)32-12-4-5-22(29)26-27-23(30)14-20(25-16(2)28)17-6-9-19(31-3)10-7-17/h6-11,13,20H,4-5,12,14H2,1-3H3,(H,25,28)(H,26,29)(H,27,30). The van der Waals surface area contributed by atoms with Crippen LogP contribution < -0.4 is 25.6 Å². The zero-order chi connectivity index (χ0) is 23.5. The van der Waals surface area contributed by atoms with Crippen LogP contribution in [0.25, 0.3) is 0 Å². The molecule has 0 spiro atoms. The Balaban J connectivity index is 1.75. The lowest BCUT2D eigenvalue weighted by atomic mass is 10.0. The second kappa shape index (κ2) is 12.6. The fraction of sp³-hybridized carbons (Fsp3) is 0.348. The third-order valence-corrected chi connectivity index (χ3v) is 4.80. The summed E-state index contributed by atoms with van der Waals surface area (Å²) in [4.78, 5) is 35.8. The maximum absolute atomic E-state index is 12.3. The van der Waals surface area contributed by atoms with Crippen molar-refractivity contribution < 1.29 is 23.9 Å². The molecule has 8 nitrogen and oxygen atoms in total. The molecule has 9 heteroatoms. The van der Waals surface area contributed by atoms with Crippen molar-refractivity contribution in [1.82, 2.24) is 16.2 Å². The van der Waals surface area contributed by atoms with Crippen molar-refractivity contribution in [2.45, 2.75) is 39.2 Å². The Hall–Kier alpha value is -3.26. The van der Waals surface area contributed by atoms with Crippen LogP contribution in [0.15, 0.2) is 42.5 Å². The van der Waals surface area contributed by atoms with Gasteiger partial charge in [-0.05, 0) is 54.8 Å². The molecule has 0 radical (unpaired) electrons. The Labute approximate surface area is 192 Å². The summed E-state index contributed by atoms with van der Waals surface area (Å²) < 4.78 is 10.8. The van der Waals surface area contributed by atoms with Gasteiger partial charge in [-0.15, -0.1) is 0 Å². The lowest BCUT2D eigenvalue weighted by Crippen LogP contribution is -2.43. The second-order valence-corrected chi connectivity index (χ2v) is 7.63. The van der Waals surface area contributed by atoms with Crippen molar-refractivity contribution in [1.29, 1.82) is 0 Å². The molecular weight excluding hydrogens is 434 g/mol. The van der Waals surface area contributed by atoms with Crippen LogP contribution in [0, 0.1) is 6.92 Å². The first-order valence-electron chi connectivity index (χ1n) is 10.2. The van der Waals surface area contributed by atoms with Crippen LogP contribution in [-0.4, -0.2) is 31.4 Å². The Morgan fingerprint density at radius 1 is 1.03 bits per heavy atom. The molecule has 3 amide bonds. The molecule has 1 atom stereocenters. The lowest BCUT2D eigenvalue weighted by molar-refractivity contribution is -0.129. The number of hydrogen-bond acceptors (Lipinski definition) is 5. The predicted molar refractivity (Wildman–Crippen MR) is 121 cm³/mol. The van der Waals surface area contributed by atoms with E-state index in [0.717, 1.165) is 11.1 Å². The average Bonchev–Trinajstić information content (AvgIpc) is 2.76. The highest BCUT2D eigenvalue weighted by molar-refractivity contribution is 6.30. The summed E-state index contributed by atoms with van der Waals surface area (Å²) in [6, 6.07) is 11.8. The Morgan fingerprint density at radius 3 is 2.34 bits per heavy atom. The number of carbonyl (C=O) groups excluding carboxylic acids is 3. The zero-order valence-electron chi connectivity index (χ0n) is 18.4. The normalized spacial score (nSPS) is 11.2. The number of benzene rings is 2.